The molecule has 1 aromatic heterocycles. The monoisotopic (exact) mass is 344 g/mol. The number of carbonyl (C=O) groups is 1. The second-order valence-corrected chi connectivity index (χ2v) is 7.04. The lowest BCUT2D eigenvalue weighted by Gasteiger charge is -2.08. The molecule has 0 unspecified atom stereocenters. The molecule has 0 aliphatic heterocycles. The summed E-state index contributed by atoms with van der Waals surface area (Å²) in [6, 6.07) is 10.3. The van der Waals surface area contributed by atoms with Gasteiger partial charge in [0.2, 0.25) is 0 Å². The first-order valence-electron chi connectivity index (χ1n) is 6.92. The summed E-state index contributed by atoms with van der Waals surface area (Å²) < 4.78 is 26.7. The van der Waals surface area contributed by atoms with Crippen LogP contribution in [0.1, 0.15) is 15.9 Å². The third-order valence-electron chi connectivity index (χ3n) is 3.77. The van der Waals surface area contributed by atoms with Gasteiger partial charge in [-0.3, -0.25) is 14.9 Å². The number of para-hydroxylation sites is 1. The van der Waals surface area contributed by atoms with E-state index >= 15 is 0 Å². The van der Waals surface area contributed by atoms with E-state index in [2.05, 4.69) is 0 Å². The molecule has 0 saturated heterocycles. The average Bonchev–Trinajstić information content (AvgIpc) is 2.94. The number of hydrogen-bond donors (Lipinski definition) is 0. The molecule has 0 amide bonds. The molecule has 0 aliphatic carbocycles. The average molecular weight is 344 g/mol. The first-order chi connectivity index (χ1) is 11.4. The summed E-state index contributed by atoms with van der Waals surface area (Å²) in [4.78, 5) is 21.4. The van der Waals surface area contributed by atoms with Gasteiger partial charge in [0.1, 0.15) is 0 Å². The van der Waals surface area contributed by atoms with Crippen LogP contribution in [0.4, 0.5) is 5.69 Å². The van der Waals surface area contributed by atoms with Gasteiger partial charge in [-0.25, -0.2) is 12.4 Å². The lowest BCUT2D eigenvalue weighted by molar-refractivity contribution is -0.385. The van der Waals surface area contributed by atoms with Crippen molar-refractivity contribution >= 4 is 32.9 Å². The van der Waals surface area contributed by atoms with Crippen LogP contribution in [0.15, 0.2) is 53.6 Å². The van der Waals surface area contributed by atoms with Crippen LogP contribution in [0.3, 0.4) is 0 Å². The predicted molar refractivity (Wildman–Crippen MR) is 87.7 cm³/mol. The molecule has 3 rings (SSSR count). The Balaban J connectivity index is 2.28. The quantitative estimate of drug-likeness (QED) is 0.411. The molecule has 122 valence electrons. The lowest BCUT2D eigenvalue weighted by atomic mass is 10.2. The molecular formula is C16H12N2O5S. The van der Waals surface area contributed by atoms with Crippen LogP contribution in [-0.4, -0.2) is 23.6 Å². The van der Waals surface area contributed by atoms with E-state index in [-0.39, 0.29) is 16.1 Å². The van der Waals surface area contributed by atoms with Crippen molar-refractivity contribution in [3.05, 3.63) is 69.9 Å². The normalized spacial score (nSPS) is 11.5. The lowest BCUT2D eigenvalue weighted by Crippen LogP contribution is -2.12. The van der Waals surface area contributed by atoms with E-state index in [4.69, 9.17) is 0 Å². The summed E-state index contributed by atoms with van der Waals surface area (Å²) in [5.41, 5.74) is 0.659. The number of aromatic nitrogens is 1. The van der Waals surface area contributed by atoms with Crippen molar-refractivity contribution in [3.63, 3.8) is 0 Å². The first kappa shape index (κ1) is 15.9. The Kier molecular flexibility index (Phi) is 3.69. The maximum Gasteiger partial charge on any atom is 0.273 e. The minimum atomic E-state index is -4.07. The summed E-state index contributed by atoms with van der Waals surface area (Å²) >= 11 is 0. The summed E-state index contributed by atoms with van der Waals surface area (Å²) in [7, 11) is -4.07. The zero-order chi connectivity index (χ0) is 17.5. The van der Waals surface area contributed by atoms with Crippen LogP contribution in [0.5, 0.6) is 0 Å². The highest BCUT2D eigenvalue weighted by Gasteiger charge is 2.24. The number of nitro benzene ring substituents is 1. The third kappa shape index (κ3) is 2.37. The molecule has 3 aromatic rings. The zero-order valence-corrected chi connectivity index (χ0v) is 13.4. The molecule has 7 nitrogen and oxygen atoms in total. The van der Waals surface area contributed by atoms with Crippen molar-refractivity contribution in [1.29, 1.82) is 0 Å². The predicted octanol–water partition coefficient (Wildman–Crippen LogP) is 2.91. The highest BCUT2D eigenvalue weighted by Crippen LogP contribution is 2.28. The second kappa shape index (κ2) is 5.57. The second-order valence-electron chi connectivity index (χ2n) is 5.23. The maximum absolute atomic E-state index is 12.9. The van der Waals surface area contributed by atoms with Gasteiger partial charge in [-0.2, -0.15) is 0 Å². The van der Waals surface area contributed by atoms with Gasteiger partial charge in [-0.1, -0.05) is 24.3 Å². The smallest absolute Gasteiger partial charge is 0.273 e. The zero-order valence-electron chi connectivity index (χ0n) is 12.5. The van der Waals surface area contributed by atoms with Crippen molar-refractivity contribution in [2.75, 3.05) is 0 Å². The Morgan fingerprint density at radius 1 is 1.17 bits per heavy atom. The van der Waals surface area contributed by atoms with Gasteiger partial charge in [0, 0.05) is 28.8 Å². The summed E-state index contributed by atoms with van der Waals surface area (Å²) in [6.07, 6.45) is 1.80. The van der Waals surface area contributed by atoms with E-state index in [9.17, 15) is 23.3 Å². The molecule has 0 spiro atoms. The van der Waals surface area contributed by atoms with Crippen LogP contribution in [-0.2, 0) is 10.0 Å². The Morgan fingerprint density at radius 3 is 2.54 bits per heavy atom. The topological polar surface area (TPSA) is 99.3 Å². The number of fused-ring (bicyclic) bond motifs is 1. The van der Waals surface area contributed by atoms with Crippen LogP contribution in [0, 0.1) is 17.0 Å². The van der Waals surface area contributed by atoms with Gasteiger partial charge in [-0.05, 0) is 19.1 Å². The van der Waals surface area contributed by atoms with Crippen molar-refractivity contribution in [3.8, 4) is 0 Å². The Labute approximate surface area is 137 Å². The maximum atomic E-state index is 12.9. The number of carbonyl (C=O) groups excluding carboxylic acids is 1. The molecule has 0 N–H and O–H groups in total. The Hall–Kier alpha value is -3.00. The van der Waals surface area contributed by atoms with Crippen LogP contribution < -0.4 is 0 Å². The molecule has 0 aliphatic rings. The van der Waals surface area contributed by atoms with Crippen molar-refractivity contribution in [1.82, 2.24) is 3.97 Å². The number of benzene rings is 2. The minimum Gasteiger partial charge on any atom is -0.298 e. The molecular weight excluding hydrogens is 332 g/mol. The van der Waals surface area contributed by atoms with Gasteiger partial charge >= 0.3 is 0 Å². The highest BCUT2D eigenvalue weighted by atomic mass is 32.2. The van der Waals surface area contributed by atoms with Crippen LogP contribution >= 0.6 is 0 Å². The number of aryl methyl sites for hydroxylation is 1. The van der Waals surface area contributed by atoms with Gasteiger partial charge in [0.25, 0.3) is 15.7 Å². The minimum absolute atomic E-state index is 0.210. The number of nitrogens with zero attached hydrogens (tertiary/aromatic N) is 2. The number of aldehydes is 1. The summed E-state index contributed by atoms with van der Waals surface area (Å²) in [5.74, 6) is 0. The van der Waals surface area contributed by atoms with E-state index < -0.39 is 14.9 Å². The molecule has 2 aromatic carbocycles. The van der Waals surface area contributed by atoms with Crippen molar-refractivity contribution < 1.29 is 18.1 Å². The van der Waals surface area contributed by atoms with Crippen LogP contribution in [0.25, 0.3) is 10.9 Å². The molecule has 0 atom stereocenters. The highest BCUT2D eigenvalue weighted by molar-refractivity contribution is 7.90. The summed E-state index contributed by atoms with van der Waals surface area (Å²) in [6.45, 7) is 1.53. The van der Waals surface area contributed by atoms with Gasteiger partial charge < -0.3 is 0 Å². The Bertz CT molecular complexity index is 1080. The van der Waals surface area contributed by atoms with Gasteiger partial charge in [-0.15, -0.1) is 0 Å². The Morgan fingerprint density at radius 2 is 1.88 bits per heavy atom. The van der Waals surface area contributed by atoms with Gasteiger partial charge in [0.15, 0.2) is 6.29 Å². The number of nitro groups is 1. The van der Waals surface area contributed by atoms with Crippen LogP contribution in [0.2, 0.25) is 0 Å². The third-order valence-corrected chi connectivity index (χ3v) is 5.44. The fraction of sp³-hybridized carbons (Fsp3) is 0.0625. The van der Waals surface area contributed by atoms with E-state index in [1.54, 1.807) is 24.3 Å². The molecule has 1 heterocycles. The first-order valence-corrected chi connectivity index (χ1v) is 8.36. The van der Waals surface area contributed by atoms with Crippen molar-refractivity contribution in [2.24, 2.45) is 0 Å². The van der Waals surface area contributed by atoms with Gasteiger partial charge in [0.05, 0.1) is 15.3 Å². The van der Waals surface area contributed by atoms with E-state index in [1.165, 1.54) is 25.3 Å². The molecule has 0 fully saturated rings. The molecule has 8 heteroatoms. The standard InChI is InChI=1S/C16H12N2O5S/c1-11-6-7-13(8-16(11)18(20)21)24(22,23)17-9-12(10-19)14-4-2-3-5-15(14)17/h2-10H,1H3. The molecule has 24 heavy (non-hydrogen) atoms. The van der Waals surface area contributed by atoms with E-state index in [0.717, 1.165) is 10.0 Å². The number of hydrogen-bond acceptors (Lipinski definition) is 5. The van der Waals surface area contributed by atoms with Crippen molar-refractivity contribution in [2.45, 2.75) is 11.8 Å². The fourth-order valence-corrected chi connectivity index (χ4v) is 3.93. The molecule has 0 bridgehead atoms. The largest absolute Gasteiger partial charge is 0.298 e. The van der Waals surface area contributed by atoms with E-state index in [1.807, 2.05) is 0 Å². The fourth-order valence-electron chi connectivity index (χ4n) is 2.53. The van der Waals surface area contributed by atoms with E-state index in [0.29, 0.717) is 22.8 Å². The molecule has 0 saturated carbocycles. The SMILES string of the molecule is Cc1ccc(S(=O)(=O)n2cc(C=O)c3ccccc32)cc1[N+](=O)[O-]. The number of rotatable bonds is 4. The molecule has 0 radical (unpaired) electrons. The summed E-state index contributed by atoms with van der Waals surface area (Å²) in [5, 5.41) is 11.6.